The summed E-state index contributed by atoms with van der Waals surface area (Å²) in [6.45, 7) is -0.341. The Bertz CT molecular complexity index is 1430. The average molecular weight is 590 g/mol. The van der Waals surface area contributed by atoms with Crippen LogP contribution in [0.1, 0.15) is 93.4 Å². The summed E-state index contributed by atoms with van der Waals surface area (Å²) in [5.41, 5.74) is -2.37. The Balaban J connectivity index is 1.84. The number of phosphoric acid groups is 1. The zero-order valence-corrected chi connectivity index (χ0v) is 23.6. The van der Waals surface area contributed by atoms with E-state index in [9.17, 15) is 19.6 Å². The first-order chi connectivity index (χ1) is 19.7. The van der Waals surface area contributed by atoms with Gasteiger partial charge in [0.05, 0.1) is 18.7 Å². The van der Waals surface area contributed by atoms with Gasteiger partial charge in [-0.1, -0.05) is 44.9 Å². The van der Waals surface area contributed by atoms with Gasteiger partial charge in [-0.2, -0.15) is 15.5 Å². The predicted molar refractivity (Wildman–Crippen MR) is 142 cm³/mol. The zero-order valence-electron chi connectivity index (χ0n) is 22.7. The second-order valence-electron chi connectivity index (χ2n) is 11.2. The van der Waals surface area contributed by atoms with Gasteiger partial charge in [0.25, 0.3) is 0 Å². The Morgan fingerprint density at radius 1 is 1.02 bits per heavy atom. The summed E-state index contributed by atoms with van der Waals surface area (Å²) < 4.78 is 53.2. The standard InChI is InChI=1S/C27H34F2N7O4P/c28-21-13-22(29)25-24-20(21)14-26(24,11-8-12-30)10-7-5-3-1-2-4-6-9-23(36-19-32-17-34-36)27(25,40-41(37,38)39)15-35-18-31-16-33-35/h13,16-19,23H,1-11,14-15H2,(H2,37,38,39). The van der Waals surface area contributed by atoms with E-state index < -0.39 is 36.5 Å². The summed E-state index contributed by atoms with van der Waals surface area (Å²) in [4.78, 5) is 28.8. The Kier molecular flexibility index (Phi) is 8.66. The van der Waals surface area contributed by atoms with Crippen LogP contribution in [0, 0.1) is 23.0 Å². The third-order valence-electron chi connectivity index (χ3n) is 8.59. The summed E-state index contributed by atoms with van der Waals surface area (Å²) in [5.74, 6) is -1.70. The Morgan fingerprint density at radius 2 is 1.73 bits per heavy atom. The molecule has 11 nitrogen and oxygen atoms in total. The number of nitrogens with zero attached hydrogens (tertiary/aromatic N) is 7. The van der Waals surface area contributed by atoms with E-state index in [4.69, 9.17) is 4.52 Å². The van der Waals surface area contributed by atoms with Crippen molar-refractivity contribution in [2.24, 2.45) is 0 Å². The van der Waals surface area contributed by atoms with E-state index in [-0.39, 0.29) is 24.1 Å². The first kappa shape index (κ1) is 29.5. The minimum atomic E-state index is -5.32. The van der Waals surface area contributed by atoms with Crippen molar-refractivity contribution >= 4 is 7.82 Å². The maximum Gasteiger partial charge on any atom is 0.470 e. The fourth-order valence-corrected chi connectivity index (χ4v) is 7.59. The zero-order chi connectivity index (χ0) is 29.1. The van der Waals surface area contributed by atoms with Crippen LogP contribution in [0.2, 0.25) is 0 Å². The quantitative estimate of drug-likeness (QED) is 0.362. The van der Waals surface area contributed by atoms with Gasteiger partial charge in [0.15, 0.2) is 0 Å². The first-order valence-electron chi connectivity index (χ1n) is 14.0. The van der Waals surface area contributed by atoms with Crippen molar-refractivity contribution in [2.75, 3.05) is 0 Å². The molecule has 0 radical (unpaired) electrons. The molecule has 3 unspecified atom stereocenters. The highest BCUT2D eigenvalue weighted by Gasteiger charge is 2.56. The molecule has 0 saturated heterocycles. The molecule has 2 aliphatic rings. The largest absolute Gasteiger partial charge is 0.470 e. The van der Waals surface area contributed by atoms with Crippen LogP contribution in [0.25, 0.3) is 0 Å². The number of halogens is 2. The van der Waals surface area contributed by atoms with Crippen LogP contribution in [-0.2, 0) is 33.1 Å². The van der Waals surface area contributed by atoms with Gasteiger partial charge in [0.2, 0.25) is 0 Å². The van der Waals surface area contributed by atoms with Crippen LogP contribution >= 0.6 is 7.82 Å². The molecule has 41 heavy (non-hydrogen) atoms. The van der Waals surface area contributed by atoms with E-state index in [1.807, 2.05) is 0 Å². The maximum absolute atomic E-state index is 16.5. The summed E-state index contributed by atoms with van der Waals surface area (Å²) in [7, 11) is -5.32. The molecule has 2 heterocycles. The lowest BCUT2D eigenvalue weighted by molar-refractivity contribution is -0.0455. The van der Waals surface area contributed by atoms with Gasteiger partial charge in [0, 0.05) is 23.5 Å². The molecular weight excluding hydrogens is 555 g/mol. The van der Waals surface area contributed by atoms with E-state index in [1.165, 1.54) is 34.7 Å². The Labute approximate surface area is 236 Å². The first-order valence-corrected chi connectivity index (χ1v) is 15.5. The second kappa shape index (κ2) is 12.1. The summed E-state index contributed by atoms with van der Waals surface area (Å²) in [6, 6.07) is 1.98. The topological polar surface area (TPSA) is 152 Å². The second-order valence-corrected chi connectivity index (χ2v) is 12.3. The monoisotopic (exact) mass is 589 g/mol. The third-order valence-corrected chi connectivity index (χ3v) is 9.15. The third kappa shape index (κ3) is 5.97. The van der Waals surface area contributed by atoms with Crippen LogP contribution in [-0.4, -0.2) is 39.3 Å². The van der Waals surface area contributed by atoms with Crippen LogP contribution in [0.5, 0.6) is 0 Å². The molecule has 0 amide bonds. The van der Waals surface area contributed by atoms with Crippen molar-refractivity contribution in [3.05, 3.63) is 59.7 Å². The van der Waals surface area contributed by atoms with Crippen LogP contribution in [0.3, 0.4) is 0 Å². The van der Waals surface area contributed by atoms with Crippen molar-refractivity contribution < 1.29 is 27.7 Å². The number of aromatic nitrogens is 6. The molecule has 3 atom stereocenters. The smallest absolute Gasteiger partial charge is 0.303 e. The number of benzene rings is 1. The minimum Gasteiger partial charge on any atom is -0.303 e. The molecule has 2 aliphatic carbocycles. The van der Waals surface area contributed by atoms with Gasteiger partial charge in [-0.25, -0.2) is 32.7 Å². The molecule has 0 saturated carbocycles. The predicted octanol–water partition coefficient (Wildman–Crippen LogP) is 5.02. The molecule has 0 aliphatic heterocycles. The highest BCUT2D eigenvalue weighted by molar-refractivity contribution is 7.46. The summed E-state index contributed by atoms with van der Waals surface area (Å²) in [6.07, 6.45) is 13.3. The van der Waals surface area contributed by atoms with Crippen molar-refractivity contribution in [3.63, 3.8) is 0 Å². The lowest BCUT2D eigenvalue weighted by Crippen LogP contribution is -2.50. The summed E-state index contributed by atoms with van der Waals surface area (Å²) in [5, 5.41) is 18.0. The molecule has 14 heteroatoms. The molecule has 1 aromatic carbocycles. The van der Waals surface area contributed by atoms with E-state index in [0.717, 1.165) is 44.6 Å². The van der Waals surface area contributed by atoms with Crippen molar-refractivity contribution in [2.45, 2.75) is 101 Å². The van der Waals surface area contributed by atoms with Gasteiger partial charge in [-0.15, -0.1) is 0 Å². The van der Waals surface area contributed by atoms with Gasteiger partial charge in [-0.05, 0) is 36.8 Å². The Morgan fingerprint density at radius 3 is 2.39 bits per heavy atom. The molecule has 2 aromatic heterocycles. The van der Waals surface area contributed by atoms with Crippen molar-refractivity contribution in [1.29, 1.82) is 5.26 Å². The fraction of sp³-hybridized carbons (Fsp3) is 0.593. The molecule has 3 aromatic rings. The van der Waals surface area contributed by atoms with Gasteiger partial charge < -0.3 is 9.79 Å². The summed E-state index contributed by atoms with van der Waals surface area (Å²) >= 11 is 0. The van der Waals surface area contributed by atoms with E-state index in [2.05, 4.69) is 26.2 Å². The van der Waals surface area contributed by atoms with Crippen LogP contribution in [0.15, 0.2) is 31.4 Å². The van der Waals surface area contributed by atoms with Crippen molar-refractivity contribution in [3.8, 4) is 6.07 Å². The molecule has 0 bridgehead atoms. The van der Waals surface area contributed by atoms with Gasteiger partial charge >= 0.3 is 7.82 Å². The van der Waals surface area contributed by atoms with E-state index in [0.29, 0.717) is 37.7 Å². The minimum absolute atomic E-state index is 0.130. The lowest BCUT2D eigenvalue weighted by Gasteiger charge is -2.50. The fourth-order valence-electron chi connectivity index (χ4n) is 6.90. The normalized spacial score (nSPS) is 25.5. The highest BCUT2D eigenvalue weighted by atomic mass is 31.2. The highest BCUT2D eigenvalue weighted by Crippen LogP contribution is 2.59. The number of phosphoric ester groups is 1. The number of hydrogen-bond acceptors (Lipinski definition) is 7. The number of hydrogen-bond donors (Lipinski definition) is 2. The molecule has 0 fully saturated rings. The Hall–Kier alpha value is -3.04. The van der Waals surface area contributed by atoms with E-state index >= 15 is 8.78 Å². The lowest BCUT2D eigenvalue weighted by atomic mass is 9.56. The molecule has 2 N–H and O–H groups in total. The molecular formula is C27H34F2N7O4P. The average Bonchev–Trinajstić information content (AvgIpc) is 3.61. The molecule has 0 spiro atoms. The van der Waals surface area contributed by atoms with Gasteiger partial charge in [-0.3, -0.25) is 4.52 Å². The number of rotatable bonds is 7. The molecule has 220 valence electrons. The van der Waals surface area contributed by atoms with E-state index in [1.54, 1.807) is 0 Å². The SMILES string of the molecule is N#CCCC12CCCCCCCCCC(n3cncn3)C(Cn3cncn3)(OP(=O)(O)O)c3c(F)cc(F)c(c31)C2. The van der Waals surface area contributed by atoms with Gasteiger partial charge in [0.1, 0.15) is 42.5 Å². The maximum atomic E-state index is 16.5. The van der Waals surface area contributed by atoms with Crippen LogP contribution in [0.4, 0.5) is 8.78 Å². The number of nitriles is 1. The van der Waals surface area contributed by atoms with Crippen molar-refractivity contribution in [1.82, 2.24) is 29.5 Å². The van der Waals surface area contributed by atoms with Crippen LogP contribution < -0.4 is 0 Å². The molecule has 5 rings (SSSR count).